The van der Waals surface area contributed by atoms with Gasteiger partial charge in [-0.3, -0.25) is 4.90 Å². The van der Waals surface area contributed by atoms with Crippen molar-refractivity contribution in [2.24, 2.45) is 5.92 Å². The van der Waals surface area contributed by atoms with E-state index in [0.717, 1.165) is 42.6 Å². The van der Waals surface area contributed by atoms with Gasteiger partial charge < -0.3 is 5.32 Å². The van der Waals surface area contributed by atoms with E-state index in [4.69, 9.17) is 0 Å². The van der Waals surface area contributed by atoms with Crippen molar-refractivity contribution in [1.82, 2.24) is 10.2 Å². The molecule has 1 N–H and O–H groups in total. The van der Waals surface area contributed by atoms with Crippen molar-refractivity contribution in [2.45, 2.75) is 26.3 Å². The maximum absolute atomic E-state index is 13.6. The molecule has 1 atom stereocenters. The zero-order chi connectivity index (χ0) is 13.8. The van der Waals surface area contributed by atoms with Crippen LogP contribution < -0.4 is 5.32 Å². The van der Waals surface area contributed by atoms with E-state index in [1.165, 1.54) is 6.07 Å². The number of halogens is 2. The van der Waals surface area contributed by atoms with E-state index >= 15 is 0 Å². The van der Waals surface area contributed by atoms with Gasteiger partial charge in [-0.25, -0.2) is 4.39 Å². The molecule has 19 heavy (non-hydrogen) atoms. The van der Waals surface area contributed by atoms with Crippen molar-refractivity contribution in [3.63, 3.8) is 0 Å². The summed E-state index contributed by atoms with van der Waals surface area (Å²) in [6, 6.07) is 5.57. The second kappa shape index (κ2) is 6.82. The van der Waals surface area contributed by atoms with Crippen LogP contribution in [0.1, 0.15) is 31.9 Å². The van der Waals surface area contributed by atoms with Crippen LogP contribution in [-0.2, 0) is 0 Å². The highest BCUT2D eigenvalue weighted by Gasteiger charge is 2.23. The number of benzene rings is 1. The Kier molecular flexibility index (Phi) is 5.37. The third kappa shape index (κ3) is 4.26. The molecule has 106 valence electrons. The highest BCUT2D eigenvalue weighted by molar-refractivity contribution is 9.10. The molecule has 0 unspecified atom stereocenters. The van der Waals surface area contributed by atoms with Gasteiger partial charge in [-0.05, 0) is 36.1 Å². The Balaban J connectivity index is 2.24. The van der Waals surface area contributed by atoms with Crippen LogP contribution in [0.15, 0.2) is 22.7 Å². The lowest BCUT2D eigenvalue weighted by molar-refractivity contribution is 0.154. The lowest BCUT2D eigenvalue weighted by Crippen LogP contribution is -2.45. The minimum atomic E-state index is -0.159. The molecule has 1 saturated heterocycles. The van der Waals surface area contributed by atoms with Gasteiger partial charge in [-0.1, -0.05) is 29.8 Å². The summed E-state index contributed by atoms with van der Waals surface area (Å²) in [4.78, 5) is 2.47. The fourth-order valence-corrected chi connectivity index (χ4v) is 3.19. The largest absolute Gasteiger partial charge is 0.314 e. The summed E-state index contributed by atoms with van der Waals surface area (Å²) in [6.07, 6.45) is 1.07. The lowest BCUT2D eigenvalue weighted by atomic mass is 9.95. The van der Waals surface area contributed by atoms with Crippen molar-refractivity contribution in [2.75, 3.05) is 26.2 Å². The molecule has 0 spiro atoms. The average molecular weight is 329 g/mol. The van der Waals surface area contributed by atoms with Crippen LogP contribution in [0.4, 0.5) is 4.39 Å². The lowest BCUT2D eigenvalue weighted by Gasteiger charge is -2.36. The fraction of sp³-hybridized carbons (Fsp3) is 0.600. The maximum atomic E-state index is 13.6. The van der Waals surface area contributed by atoms with E-state index < -0.39 is 0 Å². The Morgan fingerprint density at radius 1 is 1.26 bits per heavy atom. The first-order valence-electron chi connectivity index (χ1n) is 6.97. The molecule has 1 aliphatic rings. The molecule has 1 aliphatic heterocycles. The maximum Gasteiger partial charge on any atom is 0.124 e. The molecular weight excluding hydrogens is 307 g/mol. The molecule has 0 bridgehead atoms. The Labute approximate surface area is 123 Å². The van der Waals surface area contributed by atoms with Crippen molar-refractivity contribution in [3.05, 3.63) is 34.1 Å². The van der Waals surface area contributed by atoms with Crippen LogP contribution in [0.3, 0.4) is 0 Å². The van der Waals surface area contributed by atoms with Crippen LogP contribution in [0.2, 0.25) is 0 Å². The molecule has 0 radical (unpaired) electrons. The Hall–Kier alpha value is -0.450. The Bertz CT molecular complexity index is 396. The van der Waals surface area contributed by atoms with E-state index in [2.05, 4.69) is 46.1 Å². The number of hydrogen-bond acceptors (Lipinski definition) is 2. The molecule has 2 rings (SSSR count). The average Bonchev–Trinajstić information content (AvgIpc) is 2.35. The Morgan fingerprint density at radius 3 is 2.53 bits per heavy atom. The van der Waals surface area contributed by atoms with Gasteiger partial charge in [-0.2, -0.15) is 0 Å². The summed E-state index contributed by atoms with van der Waals surface area (Å²) in [5, 5.41) is 3.37. The zero-order valence-electron chi connectivity index (χ0n) is 11.6. The fourth-order valence-electron chi connectivity index (χ4n) is 2.70. The van der Waals surface area contributed by atoms with Crippen molar-refractivity contribution in [3.8, 4) is 0 Å². The third-order valence-corrected chi connectivity index (χ3v) is 4.01. The minimum Gasteiger partial charge on any atom is -0.314 e. The van der Waals surface area contributed by atoms with E-state index in [-0.39, 0.29) is 5.82 Å². The molecular formula is C15H22BrFN2. The first kappa shape index (κ1) is 14.9. The second-order valence-electron chi connectivity index (χ2n) is 5.63. The first-order valence-corrected chi connectivity index (χ1v) is 7.76. The van der Waals surface area contributed by atoms with Crippen LogP contribution in [0.5, 0.6) is 0 Å². The predicted molar refractivity (Wildman–Crippen MR) is 80.7 cm³/mol. The smallest absolute Gasteiger partial charge is 0.124 e. The molecule has 1 heterocycles. The minimum absolute atomic E-state index is 0.159. The summed E-state index contributed by atoms with van der Waals surface area (Å²) in [6.45, 7) is 8.56. The standard InChI is InChI=1S/C15H22BrFN2/c1-11(2)7-15(19-5-3-18-4-6-19)12-8-13(16)10-14(17)9-12/h8-11,15,18H,3-7H2,1-2H3/t15-/m0/s1. The second-order valence-corrected chi connectivity index (χ2v) is 6.55. The predicted octanol–water partition coefficient (Wildman–Crippen LogP) is 3.58. The Morgan fingerprint density at radius 2 is 1.95 bits per heavy atom. The van der Waals surface area contributed by atoms with Crippen LogP contribution in [-0.4, -0.2) is 31.1 Å². The summed E-state index contributed by atoms with van der Waals surface area (Å²) in [7, 11) is 0. The third-order valence-electron chi connectivity index (χ3n) is 3.56. The molecule has 1 aromatic rings. The molecule has 2 nitrogen and oxygen atoms in total. The number of rotatable bonds is 4. The van der Waals surface area contributed by atoms with Crippen LogP contribution in [0, 0.1) is 11.7 Å². The molecule has 0 saturated carbocycles. The zero-order valence-corrected chi connectivity index (χ0v) is 13.2. The van der Waals surface area contributed by atoms with Gasteiger partial charge in [0, 0.05) is 36.7 Å². The summed E-state index contributed by atoms with van der Waals surface area (Å²) >= 11 is 3.40. The number of nitrogens with one attached hydrogen (secondary N) is 1. The highest BCUT2D eigenvalue weighted by atomic mass is 79.9. The number of nitrogens with zero attached hydrogens (tertiary/aromatic N) is 1. The van der Waals surface area contributed by atoms with Crippen molar-refractivity contribution >= 4 is 15.9 Å². The van der Waals surface area contributed by atoms with E-state index in [1.807, 2.05) is 0 Å². The molecule has 1 aromatic carbocycles. The van der Waals surface area contributed by atoms with Gasteiger partial charge in [0.15, 0.2) is 0 Å². The van der Waals surface area contributed by atoms with Crippen molar-refractivity contribution < 1.29 is 4.39 Å². The molecule has 0 amide bonds. The quantitative estimate of drug-likeness (QED) is 0.908. The molecule has 4 heteroatoms. The SMILES string of the molecule is CC(C)C[C@@H](c1cc(F)cc(Br)c1)N1CCNCC1. The molecule has 1 fully saturated rings. The summed E-state index contributed by atoms with van der Waals surface area (Å²) in [5.41, 5.74) is 1.09. The monoisotopic (exact) mass is 328 g/mol. The van der Waals surface area contributed by atoms with Gasteiger partial charge in [0.05, 0.1) is 0 Å². The van der Waals surface area contributed by atoms with E-state index in [0.29, 0.717) is 12.0 Å². The summed E-state index contributed by atoms with van der Waals surface area (Å²) in [5.74, 6) is 0.440. The van der Waals surface area contributed by atoms with Gasteiger partial charge in [-0.15, -0.1) is 0 Å². The first-order chi connectivity index (χ1) is 9.06. The van der Waals surface area contributed by atoms with Crippen molar-refractivity contribution in [1.29, 1.82) is 0 Å². The number of hydrogen-bond donors (Lipinski definition) is 1. The highest BCUT2D eigenvalue weighted by Crippen LogP contribution is 2.30. The van der Waals surface area contributed by atoms with E-state index in [9.17, 15) is 4.39 Å². The molecule has 0 aromatic heterocycles. The normalized spacial score (nSPS) is 18.8. The molecule has 0 aliphatic carbocycles. The summed E-state index contributed by atoms with van der Waals surface area (Å²) < 4.78 is 14.5. The van der Waals surface area contributed by atoms with Gasteiger partial charge >= 0.3 is 0 Å². The van der Waals surface area contributed by atoms with Gasteiger partial charge in [0.2, 0.25) is 0 Å². The van der Waals surface area contributed by atoms with E-state index in [1.54, 1.807) is 6.07 Å². The number of piperazine rings is 1. The topological polar surface area (TPSA) is 15.3 Å². The van der Waals surface area contributed by atoms with Crippen LogP contribution in [0.25, 0.3) is 0 Å². The van der Waals surface area contributed by atoms with Gasteiger partial charge in [0.1, 0.15) is 5.82 Å². The van der Waals surface area contributed by atoms with Gasteiger partial charge in [0.25, 0.3) is 0 Å². The van der Waals surface area contributed by atoms with Crippen LogP contribution >= 0.6 is 15.9 Å².